The summed E-state index contributed by atoms with van der Waals surface area (Å²) in [6.07, 6.45) is 2.40. The van der Waals surface area contributed by atoms with Crippen molar-refractivity contribution >= 4 is 63.9 Å². The van der Waals surface area contributed by atoms with E-state index in [0.717, 1.165) is 12.1 Å². The van der Waals surface area contributed by atoms with Crippen LogP contribution in [0.4, 0.5) is 21.9 Å². The molecule has 4 rings (SSSR count). The number of aromatic nitrogens is 1. The monoisotopic (exact) mass is 556 g/mol. The Morgan fingerprint density at radius 2 is 1.86 bits per heavy atom. The number of hydrogen-bond donors (Lipinski definition) is 3. The molecule has 0 saturated carbocycles. The number of anilines is 3. The van der Waals surface area contributed by atoms with Crippen LogP contribution in [0.5, 0.6) is 0 Å². The van der Waals surface area contributed by atoms with Crippen LogP contribution in [0.15, 0.2) is 65.8 Å². The van der Waals surface area contributed by atoms with E-state index in [0.29, 0.717) is 34.2 Å². The Hall–Kier alpha value is -2.66. The van der Waals surface area contributed by atoms with Gasteiger partial charge >= 0.3 is 13.6 Å². The molecule has 3 N–H and O–H groups in total. The van der Waals surface area contributed by atoms with E-state index in [1.54, 1.807) is 18.3 Å². The van der Waals surface area contributed by atoms with Gasteiger partial charge in [0, 0.05) is 28.5 Å². The largest absolute Gasteiger partial charge is 0.345 e. The van der Waals surface area contributed by atoms with E-state index in [-0.39, 0.29) is 20.6 Å². The predicted molar refractivity (Wildman–Crippen MR) is 134 cm³/mol. The predicted octanol–water partition coefficient (Wildman–Crippen LogP) is 4.31. The Morgan fingerprint density at radius 3 is 2.49 bits per heavy atom. The molecule has 184 valence electrons. The number of carbonyl (C=O) groups is 1. The molecule has 0 unspecified atom stereocenters. The molecule has 0 spiro atoms. The zero-order valence-corrected chi connectivity index (χ0v) is 21.1. The molecule has 35 heavy (non-hydrogen) atoms. The average molecular weight is 557 g/mol. The number of pyridine rings is 1. The van der Waals surface area contributed by atoms with Crippen LogP contribution in [0.2, 0.25) is 10.0 Å². The van der Waals surface area contributed by atoms with Crippen LogP contribution in [-0.2, 0) is 21.0 Å². The van der Waals surface area contributed by atoms with E-state index >= 15 is 0 Å². The molecule has 0 radical (unpaired) electrons. The van der Waals surface area contributed by atoms with E-state index in [1.165, 1.54) is 35.4 Å². The molecule has 10 nitrogen and oxygen atoms in total. The van der Waals surface area contributed by atoms with Crippen molar-refractivity contribution in [3.05, 3.63) is 76.5 Å². The maximum absolute atomic E-state index is 13.4. The fraction of sp³-hybridized carbons (Fsp3) is 0.143. The highest BCUT2D eigenvalue weighted by Gasteiger charge is 2.33. The first-order valence-corrected chi connectivity index (χ1v) is 14.1. The van der Waals surface area contributed by atoms with Crippen molar-refractivity contribution in [1.29, 1.82) is 0 Å². The van der Waals surface area contributed by atoms with Gasteiger partial charge in [-0.1, -0.05) is 23.2 Å². The molecule has 1 aliphatic rings. The average Bonchev–Trinajstić information content (AvgIpc) is 3.20. The normalized spacial score (nSPS) is 13.4. The molecule has 0 bridgehead atoms. The van der Waals surface area contributed by atoms with Crippen molar-refractivity contribution in [3.8, 4) is 0 Å². The number of sulfonamides is 1. The van der Waals surface area contributed by atoms with Gasteiger partial charge in [0.1, 0.15) is 6.29 Å². The lowest BCUT2D eigenvalue weighted by Gasteiger charge is -2.26. The van der Waals surface area contributed by atoms with Crippen molar-refractivity contribution < 1.29 is 27.6 Å². The molecule has 2 amide bonds. The summed E-state index contributed by atoms with van der Waals surface area (Å²) in [5, 5.41) is 2.84. The summed E-state index contributed by atoms with van der Waals surface area (Å²) in [6, 6.07) is 11.0. The molecule has 0 aliphatic carbocycles. The summed E-state index contributed by atoms with van der Waals surface area (Å²) < 4.78 is 39.2. The first kappa shape index (κ1) is 25.4. The third-order valence-electron chi connectivity index (χ3n) is 5.14. The minimum atomic E-state index is -4.81. The fourth-order valence-corrected chi connectivity index (χ4v) is 7.06. The molecule has 0 fully saturated rings. The number of amides is 2. The first-order chi connectivity index (χ1) is 16.4. The van der Waals surface area contributed by atoms with Crippen LogP contribution in [0.1, 0.15) is 5.56 Å². The van der Waals surface area contributed by atoms with Crippen molar-refractivity contribution in [2.24, 2.45) is 0 Å². The molecular weight excluding hydrogens is 538 g/mol. The molecule has 14 heteroatoms. The number of nitrogens with zero attached hydrogens (tertiary/aromatic N) is 3. The van der Waals surface area contributed by atoms with Gasteiger partial charge in [0.05, 0.1) is 22.5 Å². The summed E-state index contributed by atoms with van der Waals surface area (Å²) in [4.78, 5) is 37.1. The first-order valence-electron chi connectivity index (χ1n) is 10.1. The second-order valence-corrected chi connectivity index (χ2v) is 12.0. The number of benzene rings is 2. The second kappa shape index (κ2) is 9.77. The van der Waals surface area contributed by atoms with E-state index in [9.17, 15) is 27.6 Å². The summed E-state index contributed by atoms with van der Waals surface area (Å²) >= 11 is 11.9. The lowest BCUT2D eigenvalue weighted by Crippen LogP contribution is -2.33. The third kappa shape index (κ3) is 5.78. The Kier molecular flexibility index (Phi) is 7.10. The van der Waals surface area contributed by atoms with E-state index < -0.39 is 29.9 Å². The standard InChI is InChI=1S/C21H19Cl2N4O6PS/c22-15-9-16(23)11-19(10-15)35(32,33)27(13-34(29,30)31)18-3-4-20-14(8-18)5-7-26(20)21(28)25-17-2-1-6-24-12-17/h1-4,6,8-12H,5,7,13H2,(H,25,28)(H2,29,30,31). The molecule has 1 aliphatic heterocycles. The second-order valence-electron chi connectivity index (χ2n) is 7.65. The van der Waals surface area contributed by atoms with Crippen molar-refractivity contribution in [1.82, 2.24) is 4.98 Å². The van der Waals surface area contributed by atoms with Gasteiger partial charge in [-0.25, -0.2) is 13.2 Å². The lowest BCUT2D eigenvalue weighted by molar-refractivity contribution is 0.257. The number of halogens is 2. The minimum Gasteiger partial charge on any atom is -0.323 e. The quantitative estimate of drug-likeness (QED) is 0.384. The Morgan fingerprint density at radius 1 is 1.14 bits per heavy atom. The highest BCUT2D eigenvalue weighted by molar-refractivity contribution is 7.93. The Bertz CT molecular complexity index is 1410. The van der Waals surface area contributed by atoms with Gasteiger partial charge in [-0.2, -0.15) is 0 Å². The van der Waals surface area contributed by atoms with E-state index in [2.05, 4.69) is 10.3 Å². The molecule has 3 aromatic rings. The van der Waals surface area contributed by atoms with Crippen molar-refractivity contribution in [3.63, 3.8) is 0 Å². The van der Waals surface area contributed by atoms with Gasteiger partial charge in [0.2, 0.25) is 0 Å². The van der Waals surface area contributed by atoms with Crippen LogP contribution in [0, 0.1) is 0 Å². The summed E-state index contributed by atoms with van der Waals surface area (Å²) in [7, 11) is -9.26. The Labute approximate surface area is 211 Å². The zero-order chi connectivity index (χ0) is 25.4. The zero-order valence-electron chi connectivity index (χ0n) is 17.9. The van der Waals surface area contributed by atoms with Crippen LogP contribution in [0.3, 0.4) is 0 Å². The lowest BCUT2D eigenvalue weighted by atomic mass is 10.1. The molecule has 0 saturated heterocycles. The van der Waals surface area contributed by atoms with E-state index in [4.69, 9.17) is 23.2 Å². The SMILES string of the molecule is O=C(Nc1cccnc1)N1CCc2cc(N(CP(=O)(O)O)S(=O)(=O)c3cc(Cl)cc(Cl)c3)ccc21. The smallest absolute Gasteiger partial charge is 0.323 e. The fourth-order valence-electron chi connectivity index (χ4n) is 3.65. The molecule has 2 heterocycles. The number of nitrogens with one attached hydrogen (secondary N) is 1. The Balaban J connectivity index is 1.68. The minimum absolute atomic E-state index is 0.0256. The highest BCUT2D eigenvalue weighted by Crippen LogP contribution is 2.41. The number of carbonyl (C=O) groups excluding carboxylic acids is 1. The topological polar surface area (TPSA) is 140 Å². The van der Waals surface area contributed by atoms with Gasteiger partial charge in [-0.15, -0.1) is 0 Å². The van der Waals surface area contributed by atoms with E-state index in [1.807, 2.05) is 0 Å². The van der Waals surface area contributed by atoms with Crippen LogP contribution in [-0.4, -0.2) is 42.1 Å². The third-order valence-corrected chi connectivity index (χ3v) is 8.17. The summed E-state index contributed by atoms with van der Waals surface area (Å²) in [6.45, 7) is 0.333. The summed E-state index contributed by atoms with van der Waals surface area (Å²) in [5.74, 6) is 0. The molecular formula is C21H19Cl2N4O6PS. The van der Waals surface area contributed by atoms with Crippen LogP contribution in [0.25, 0.3) is 0 Å². The van der Waals surface area contributed by atoms with Gasteiger partial charge < -0.3 is 15.1 Å². The number of rotatable bonds is 6. The maximum atomic E-state index is 13.4. The molecule has 0 atom stereocenters. The highest BCUT2D eigenvalue weighted by atomic mass is 35.5. The van der Waals surface area contributed by atoms with Gasteiger partial charge in [-0.3, -0.25) is 18.8 Å². The number of fused-ring (bicyclic) bond motifs is 1. The van der Waals surface area contributed by atoms with Crippen molar-refractivity contribution in [2.45, 2.75) is 11.3 Å². The van der Waals surface area contributed by atoms with Crippen LogP contribution >= 0.6 is 30.8 Å². The number of urea groups is 1. The molecule has 1 aromatic heterocycles. The maximum Gasteiger partial charge on any atom is 0.345 e. The van der Waals surface area contributed by atoms with Crippen LogP contribution < -0.4 is 14.5 Å². The summed E-state index contributed by atoms with van der Waals surface area (Å²) in [5.41, 5.74) is 1.73. The van der Waals surface area contributed by atoms with Gasteiger partial charge in [0.25, 0.3) is 10.0 Å². The van der Waals surface area contributed by atoms with Gasteiger partial charge in [0.15, 0.2) is 0 Å². The number of hydrogen-bond acceptors (Lipinski definition) is 5. The van der Waals surface area contributed by atoms with Crippen molar-refractivity contribution in [2.75, 3.05) is 27.4 Å². The van der Waals surface area contributed by atoms with Gasteiger partial charge in [-0.05, 0) is 60.5 Å². The molecule has 2 aromatic carbocycles.